The fourth-order valence-corrected chi connectivity index (χ4v) is 4.21. The van der Waals surface area contributed by atoms with Gasteiger partial charge < -0.3 is 19.7 Å². The van der Waals surface area contributed by atoms with Crippen molar-refractivity contribution >= 4 is 0 Å². The maximum Gasteiger partial charge on any atom is 0.165 e. The highest BCUT2D eigenvalue weighted by Gasteiger charge is 2.34. The molecule has 5 heteroatoms. The molecule has 0 radical (unpaired) electrons. The van der Waals surface area contributed by atoms with Gasteiger partial charge in [-0.1, -0.05) is 6.07 Å². The third-order valence-corrected chi connectivity index (χ3v) is 5.50. The molecule has 2 aliphatic rings. The quantitative estimate of drug-likeness (QED) is 0.898. The van der Waals surface area contributed by atoms with Crippen LogP contribution in [0.2, 0.25) is 0 Å². The predicted molar refractivity (Wildman–Crippen MR) is 94.1 cm³/mol. The van der Waals surface area contributed by atoms with Crippen LogP contribution in [0, 0.1) is 0 Å². The van der Waals surface area contributed by atoms with E-state index in [1.54, 1.807) is 14.2 Å². The van der Waals surface area contributed by atoms with Gasteiger partial charge in [-0.3, -0.25) is 4.90 Å². The monoisotopic (exact) mass is 341 g/mol. The lowest BCUT2D eigenvalue weighted by Crippen LogP contribution is -2.39. The molecule has 0 saturated heterocycles. The third-order valence-electron chi connectivity index (χ3n) is 5.50. The summed E-state index contributed by atoms with van der Waals surface area (Å²) in [7, 11) is 3.35. The lowest BCUT2D eigenvalue weighted by atomic mass is 9.83. The molecular weight excluding hydrogens is 318 g/mol. The number of methoxy groups -OCH3 is 2. The van der Waals surface area contributed by atoms with Crippen LogP contribution in [0.4, 0.5) is 0 Å². The number of aromatic hydroxyl groups is 1. The molecule has 132 valence electrons. The van der Waals surface area contributed by atoms with Gasteiger partial charge in [0.15, 0.2) is 11.5 Å². The van der Waals surface area contributed by atoms with Crippen LogP contribution >= 0.6 is 0 Å². The van der Waals surface area contributed by atoms with E-state index in [-0.39, 0.29) is 18.4 Å². The molecule has 1 unspecified atom stereocenters. The smallest absolute Gasteiger partial charge is 0.165 e. The first-order valence-electron chi connectivity index (χ1n) is 8.58. The lowest BCUT2D eigenvalue weighted by molar-refractivity contribution is 0.157. The van der Waals surface area contributed by atoms with Gasteiger partial charge in [0, 0.05) is 30.3 Å². The minimum absolute atomic E-state index is 0.132. The van der Waals surface area contributed by atoms with E-state index in [1.807, 2.05) is 18.2 Å². The van der Waals surface area contributed by atoms with Gasteiger partial charge in [0.25, 0.3) is 0 Å². The van der Waals surface area contributed by atoms with Crippen molar-refractivity contribution in [3.05, 3.63) is 52.1 Å². The number of aliphatic hydroxyl groups is 1. The van der Waals surface area contributed by atoms with Crippen molar-refractivity contribution in [1.29, 1.82) is 0 Å². The Morgan fingerprint density at radius 3 is 2.72 bits per heavy atom. The zero-order valence-corrected chi connectivity index (χ0v) is 14.6. The van der Waals surface area contributed by atoms with Gasteiger partial charge in [-0.2, -0.15) is 0 Å². The Morgan fingerprint density at radius 1 is 1.16 bits per heavy atom. The standard InChI is InChI=1S/C20H23NO4/c1-24-19-4-3-12-8-17-15-9-18(23)14(11-22)7-13(15)5-6-21(17)10-16(12)20(19)25-2/h3-4,7,9,17,22-23H,5-6,8,10-11H2,1-2H3. The maximum atomic E-state index is 10.2. The summed E-state index contributed by atoms with van der Waals surface area (Å²) in [6.45, 7) is 1.63. The zero-order chi connectivity index (χ0) is 17.6. The summed E-state index contributed by atoms with van der Waals surface area (Å²) in [6, 6.07) is 8.11. The zero-order valence-electron chi connectivity index (χ0n) is 14.6. The largest absolute Gasteiger partial charge is 0.508 e. The minimum Gasteiger partial charge on any atom is -0.508 e. The van der Waals surface area contributed by atoms with Crippen molar-refractivity contribution in [2.45, 2.75) is 32.0 Å². The van der Waals surface area contributed by atoms with E-state index in [4.69, 9.17) is 9.47 Å². The van der Waals surface area contributed by atoms with Crippen molar-refractivity contribution in [1.82, 2.24) is 4.90 Å². The van der Waals surface area contributed by atoms with E-state index in [0.717, 1.165) is 37.4 Å². The van der Waals surface area contributed by atoms with E-state index in [9.17, 15) is 10.2 Å². The van der Waals surface area contributed by atoms with Gasteiger partial charge in [-0.15, -0.1) is 0 Å². The van der Waals surface area contributed by atoms with Gasteiger partial charge >= 0.3 is 0 Å². The molecule has 0 aliphatic carbocycles. The van der Waals surface area contributed by atoms with E-state index in [2.05, 4.69) is 11.0 Å². The molecule has 0 aromatic heterocycles. The molecule has 4 rings (SSSR count). The average Bonchev–Trinajstić information content (AvgIpc) is 2.65. The highest BCUT2D eigenvalue weighted by molar-refractivity contribution is 5.53. The summed E-state index contributed by atoms with van der Waals surface area (Å²) in [5.41, 5.74) is 5.46. The van der Waals surface area contributed by atoms with E-state index < -0.39 is 0 Å². The number of benzene rings is 2. The molecule has 2 aromatic rings. The second-order valence-corrected chi connectivity index (χ2v) is 6.72. The molecule has 2 aromatic carbocycles. The van der Waals surface area contributed by atoms with Crippen LogP contribution in [-0.2, 0) is 26.0 Å². The average molecular weight is 341 g/mol. The number of hydrogen-bond acceptors (Lipinski definition) is 5. The summed E-state index contributed by atoms with van der Waals surface area (Å²) in [5.74, 6) is 1.77. The number of hydrogen-bond donors (Lipinski definition) is 2. The van der Waals surface area contributed by atoms with Crippen LogP contribution in [0.25, 0.3) is 0 Å². The summed E-state index contributed by atoms with van der Waals surface area (Å²) >= 11 is 0. The van der Waals surface area contributed by atoms with Crippen LogP contribution in [0.1, 0.15) is 33.9 Å². The Morgan fingerprint density at radius 2 is 2.00 bits per heavy atom. The Labute approximate surface area is 147 Å². The Balaban J connectivity index is 1.76. The first-order chi connectivity index (χ1) is 12.2. The van der Waals surface area contributed by atoms with Crippen molar-refractivity contribution in [2.24, 2.45) is 0 Å². The molecule has 0 bridgehead atoms. The first kappa shape index (κ1) is 16.2. The van der Waals surface area contributed by atoms with Crippen molar-refractivity contribution < 1.29 is 19.7 Å². The first-order valence-corrected chi connectivity index (χ1v) is 8.58. The van der Waals surface area contributed by atoms with Crippen molar-refractivity contribution in [3.8, 4) is 17.2 Å². The van der Waals surface area contributed by atoms with Crippen LogP contribution in [0.3, 0.4) is 0 Å². The highest BCUT2D eigenvalue weighted by atomic mass is 16.5. The van der Waals surface area contributed by atoms with Crippen molar-refractivity contribution in [2.75, 3.05) is 20.8 Å². The van der Waals surface area contributed by atoms with Crippen LogP contribution in [0.15, 0.2) is 24.3 Å². The Bertz CT molecular complexity index is 818. The van der Waals surface area contributed by atoms with Crippen LogP contribution in [0.5, 0.6) is 17.2 Å². The fourth-order valence-electron chi connectivity index (χ4n) is 4.21. The molecule has 25 heavy (non-hydrogen) atoms. The summed E-state index contributed by atoms with van der Waals surface area (Å²) < 4.78 is 11.0. The van der Waals surface area contributed by atoms with E-state index in [0.29, 0.717) is 5.56 Å². The van der Waals surface area contributed by atoms with E-state index in [1.165, 1.54) is 22.3 Å². The normalized spacial score (nSPS) is 18.9. The second-order valence-electron chi connectivity index (χ2n) is 6.72. The van der Waals surface area contributed by atoms with Gasteiger partial charge in [0.2, 0.25) is 0 Å². The molecule has 0 spiro atoms. The molecule has 2 aliphatic heterocycles. The van der Waals surface area contributed by atoms with Gasteiger partial charge in [-0.05, 0) is 47.7 Å². The third kappa shape index (κ3) is 2.55. The van der Waals surface area contributed by atoms with Crippen LogP contribution in [-0.4, -0.2) is 35.9 Å². The fraction of sp³-hybridized carbons (Fsp3) is 0.400. The number of rotatable bonds is 3. The molecule has 0 amide bonds. The number of ether oxygens (including phenoxy) is 2. The molecular formula is C20H23NO4. The summed E-state index contributed by atoms with van der Waals surface area (Å²) in [5, 5.41) is 19.6. The predicted octanol–water partition coefficient (Wildman–Crippen LogP) is 2.56. The maximum absolute atomic E-state index is 10.2. The SMILES string of the molecule is COc1ccc2c(c1OC)CN1CCc3cc(CO)c(O)cc3C1C2. The Hall–Kier alpha value is -2.24. The van der Waals surface area contributed by atoms with E-state index >= 15 is 0 Å². The second kappa shape index (κ2) is 6.24. The minimum atomic E-state index is -0.132. The molecule has 2 N–H and O–H groups in total. The number of aliphatic hydroxyl groups excluding tert-OH is 1. The molecule has 0 fully saturated rings. The van der Waals surface area contributed by atoms with Gasteiger partial charge in [0.05, 0.1) is 20.8 Å². The van der Waals surface area contributed by atoms with Gasteiger partial charge in [-0.25, -0.2) is 0 Å². The lowest BCUT2D eigenvalue weighted by Gasteiger charge is -2.42. The van der Waals surface area contributed by atoms with Crippen molar-refractivity contribution in [3.63, 3.8) is 0 Å². The molecule has 1 atom stereocenters. The summed E-state index contributed by atoms with van der Waals surface area (Å²) in [4.78, 5) is 2.44. The number of nitrogens with zero attached hydrogens (tertiary/aromatic N) is 1. The topological polar surface area (TPSA) is 62.2 Å². The highest BCUT2D eigenvalue weighted by Crippen LogP contribution is 2.44. The summed E-state index contributed by atoms with van der Waals surface area (Å²) in [6.07, 6.45) is 1.79. The van der Waals surface area contributed by atoms with Crippen LogP contribution < -0.4 is 9.47 Å². The van der Waals surface area contributed by atoms with Gasteiger partial charge in [0.1, 0.15) is 5.75 Å². The number of phenols is 1. The Kier molecular flexibility index (Phi) is 4.06. The molecule has 0 saturated carbocycles. The number of fused-ring (bicyclic) bond motifs is 4. The molecule has 2 heterocycles. The molecule has 5 nitrogen and oxygen atoms in total.